The zero-order valence-corrected chi connectivity index (χ0v) is 19.1. The van der Waals surface area contributed by atoms with Crippen molar-refractivity contribution in [2.24, 2.45) is 15.1 Å². The highest BCUT2D eigenvalue weighted by Gasteiger charge is 2.30. The van der Waals surface area contributed by atoms with E-state index in [2.05, 4.69) is 30.4 Å². The van der Waals surface area contributed by atoms with E-state index in [1.165, 1.54) is 0 Å². The number of morpholine rings is 1. The number of fused-ring (bicyclic) bond motifs is 1. The quantitative estimate of drug-likeness (QED) is 0.415. The van der Waals surface area contributed by atoms with Gasteiger partial charge in [-0.2, -0.15) is 15.1 Å². The fraction of sp³-hybridized carbons (Fsp3) is 0.333. The molecule has 0 bridgehead atoms. The molecule has 10 nitrogen and oxygen atoms in total. The molecule has 2 aliphatic rings. The Morgan fingerprint density at radius 2 is 2.06 bits per heavy atom. The van der Waals surface area contributed by atoms with Crippen LogP contribution in [0.25, 0.3) is 10.9 Å². The highest BCUT2D eigenvalue weighted by Crippen LogP contribution is 2.22. The van der Waals surface area contributed by atoms with Gasteiger partial charge >= 0.3 is 6.02 Å². The fourth-order valence-corrected chi connectivity index (χ4v) is 3.95. The molecular weight excluding hydrogens is 432 g/mol. The third kappa shape index (κ3) is 5.08. The van der Waals surface area contributed by atoms with Crippen LogP contribution in [0.3, 0.4) is 0 Å². The molecule has 1 unspecified atom stereocenters. The lowest BCUT2D eigenvalue weighted by molar-refractivity contribution is -0.00813. The van der Waals surface area contributed by atoms with E-state index >= 15 is 0 Å². The molecule has 1 atom stereocenters. The Bertz CT molecular complexity index is 1180. The van der Waals surface area contributed by atoms with E-state index in [0.29, 0.717) is 38.1 Å². The van der Waals surface area contributed by atoms with Crippen LogP contribution < -0.4 is 5.43 Å². The summed E-state index contributed by atoms with van der Waals surface area (Å²) in [6.45, 7) is 3.38. The van der Waals surface area contributed by atoms with Crippen molar-refractivity contribution < 1.29 is 9.47 Å². The number of aromatic nitrogens is 2. The van der Waals surface area contributed by atoms with E-state index in [1.54, 1.807) is 12.4 Å². The van der Waals surface area contributed by atoms with Gasteiger partial charge in [0.15, 0.2) is 12.1 Å². The molecule has 2 aromatic heterocycles. The number of benzene rings is 1. The Labute approximate surface area is 198 Å². The lowest BCUT2D eigenvalue weighted by atomic mass is 10.2. The summed E-state index contributed by atoms with van der Waals surface area (Å²) in [5.74, 6) is 0.659. The number of amidine groups is 2. The third-order valence-electron chi connectivity index (χ3n) is 5.79. The summed E-state index contributed by atoms with van der Waals surface area (Å²) in [5, 5.41) is 5.52. The average Bonchev–Trinajstić information content (AvgIpc) is 3.30. The number of hydrazone groups is 1. The lowest BCUT2D eigenvalue weighted by Gasteiger charge is -2.39. The molecular formula is C24H28N8O2. The van der Waals surface area contributed by atoms with Crippen molar-refractivity contribution >= 4 is 34.7 Å². The minimum absolute atomic E-state index is 0.235. The minimum atomic E-state index is -0.235. The molecule has 1 fully saturated rings. The van der Waals surface area contributed by atoms with Crippen molar-refractivity contribution in [3.05, 3.63) is 60.6 Å². The number of aromatic amines is 1. The van der Waals surface area contributed by atoms with Crippen molar-refractivity contribution in [3.8, 4) is 0 Å². The van der Waals surface area contributed by atoms with Gasteiger partial charge in [-0.3, -0.25) is 15.3 Å². The molecule has 34 heavy (non-hydrogen) atoms. The SMILES string of the molecule is CN1C(/C=N/Nc2c[nH]c3ccccc23)=NC(OCCc2ccccn2)=NC1N1CCOCC1. The van der Waals surface area contributed by atoms with E-state index in [-0.39, 0.29) is 6.29 Å². The van der Waals surface area contributed by atoms with Gasteiger partial charge in [-0.15, -0.1) is 0 Å². The zero-order valence-electron chi connectivity index (χ0n) is 19.1. The van der Waals surface area contributed by atoms with Gasteiger partial charge in [0.05, 0.1) is 31.7 Å². The van der Waals surface area contributed by atoms with Crippen LogP contribution in [-0.4, -0.2) is 84.1 Å². The smallest absolute Gasteiger partial charge is 0.316 e. The van der Waals surface area contributed by atoms with Crippen LogP contribution in [0.2, 0.25) is 0 Å². The first-order valence-electron chi connectivity index (χ1n) is 11.4. The molecule has 0 radical (unpaired) electrons. The predicted molar refractivity (Wildman–Crippen MR) is 133 cm³/mol. The van der Waals surface area contributed by atoms with Crippen LogP contribution >= 0.6 is 0 Å². The van der Waals surface area contributed by atoms with E-state index in [1.807, 2.05) is 60.6 Å². The molecule has 1 saturated heterocycles. The zero-order chi connectivity index (χ0) is 23.2. The van der Waals surface area contributed by atoms with Crippen LogP contribution in [0.4, 0.5) is 5.69 Å². The maximum Gasteiger partial charge on any atom is 0.316 e. The van der Waals surface area contributed by atoms with Gasteiger partial charge < -0.3 is 19.4 Å². The Balaban J connectivity index is 1.30. The van der Waals surface area contributed by atoms with E-state index < -0.39 is 0 Å². The largest absolute Gasteiger partial charge is 0.463 e. The number of nitrogens with one attached hydrogen (secondary N) is 2. The van der Waals surface area contributed by atoms with Crippen LogP contribution in [0.15, 0.2) is 69.9 Å². The number of hydrogen-bond donors (Lipinski definition) is 2. The number of para-hydroxylation sites is 1. The van der Waals surface area contributed by atoms with Gasteiger partial charge in [0, 0.05) is 55.5 Å². The summed E-state index contributed by atoms with van der Waals surface area (Å²) in [4.78, 5) is 21.2. The first-order chi connectivity index (χ1) is 16.8. The first-order valence-corrected chi connectivity index (χ1v) is 11.4. The maximum absolute atomic E-state index is 5.95. The minimum Gasteiger partial charge on any atom is -0.463 e. The summed E-state index contributed by atoms with van der Waals surface area (Å²) >= 11 is 0. The van der Waals surface area contributed by atoms with Gasteiger partial charge in [-0.25, -0.2) is 0 Å². The molecule has 2 N–H and O–H groups in total. The van der Waals surface area contributed by atoms with E-state index in [4.69, 9.17) is 14.5 Å². The summed E-state index contributed by atoms with van der Waals surface area (Å²) in [6.07, 6.45) is 5.83. The summed E-state index contributed by atoms with van der Waals surface area (Å²) in [7, 11) is 1.96. The van der Waals surface area contributed by atoms with Gasteiger partial charge in [0.1, 0.15) is 0 Å². The Kier molecular flexibility index (Phi) is 6.78. The molecule has 0 saturated carbocycles. The van der Waals surface area contributed by atoms with Crippen LogP contribution in [0, 0.1) is 0 Å². The standard InChI is InChI=1S/C24H28N8O2/c1-31-22(17-27-30-21-16-26-20-8-3-2-7-19(20)21)28-23(29-24(31)32-11-14-33-15-12-32)34-13-9-18-6-4-5-10-25-18/h2-8,10,16-17,24,26,30H,9,11-15H2,1H3/b27-17+. The van der Waals surface area contributed by atoms with Gasteiger partial charge in [0.2, 0.25) is 0 Å². The summed E-state index contributed by atoms with van der Waals surface area (Å²) < 4.78 is 11.5. The number of H-pyrrole nitrogens is 1. The van der Waals surface area contributed by atoms with E-state index in [9.17, 15) is 0 Å². The Morgan fingerprint density at radius 3 is 2.91 bits per heavy atom. The number of hydrogen-bond acceptors (Lipinski definition) is 9. The normalized spacial score (nSPS) is 19.3. The topological polar surface area (TPSA) is 103 Å². The summed E-state index contributed by atoms with van der Waals surface area (Å²) in [5.41, 5.74) is 6.04. The Hall–Kier alpha value is -3.76. The van der Waals surface area contributed by atoms with Crippen molar-refractivity contribution in [1.29, 1.82) is 0 Å². The monoisotopic (exact) mass is 460 g/mol. The number of anilines is 1. The Morgan fingerprint density at radius 1 is 1.21 bits per heavy atom. The van der Waals surface area contributed by atoms with Crippen LogP contribution in [0.5, 0.6) is 0 Å². The fourth-order valence-electron chi connectivity index (χ4n) is 3.95. The highest BCUT2D eigenvalue weighted by molar-refractivity contribution is 6.31. The van der Waals surface area contributed by atoms with Gasteiger partial charge in [-0.1, -0.05) is 24.3 Å². The second-order valence-electron chi connectivity index (χ2n) is 8.02. The summed E-state index contributed by atoms with van der Waals surface area (Å²) in [6, 6.07) is 14.3. The molecule has 0 spiro atoms. The molecule has 5 rings (SSSR count). The number of pyridine rings is 1. The molecule has 0 aliphatic carbocycles. The van der Waals surface area contributed by atoms with Crippen LogP contribution in [-0.2, 0) is 15.9 Å². The number of ether oxygens (including phenoxy) is 2. The number of nitrogens with zero attached hydrogens (tertiary/aromatic N) is 6. The predicted octanol–water partition coefficient (Wildman–Crippen LogP) is 2.54. The highest BCUT2D eigenvalue weighted by atomic mass is 16.5. The second-order valence-corrected chi connectivity index (χ2v) is 8.02. The van der Waals surface area contributed by atoms with Crippen molar-refractivity contribution in [2.45, 2.75) is 12.7 Å². The number of rotatable bonds is 7. The van der Waals surface area contributed by atoms with Crippen molar-refractivity contribution in [3.63, 3.8) is 0 Å². The first kappa shape index (κ1) is 22.1. The lowest BCUT2D eigenvalue weighted by Crippen LogP contribution is -2.54. The van der Waals surface area contributed by atoms with Crippen LogP contribution in [0.1, 0.15) is 5.69 Å². The molecule has 176 valence electrons. The number of aliphatic imine (C=N–C) groups is 2. The molecule has 0 amide bonds. The van der Waals surface area contributed by atoms with Crippen molar-refractivity contribution in [2.75, 3.05) is 45.4 Å². The molecule has 10 heteroatoms. The third-order valence-corrected chi connectivity index (χ3v) is 5.79. The van der Waals surface area contributed by atoms with Gasteiger partial charge in [-0.05, 0) is 18.2 Å². The molecule has 4 heterocycles. The average molecular weight is 461 g/mol. The molecule has 3 aromatic rings. The molecule has 1 aromatic carbocycles. The molecule has 2 aliphatic heterocycles. The van der Waals surface area contributed by atoms with Crippen molar-refractivity contribution in [1.82, 2.24) is 19.8 Å². The van der Waals surface area contributed by atoms with E-state index in [0.717, 1.165) is 35.4 Å². The second kappa shape index (κ2) is 10.4. The van der Waals surface area contributed by atoms with Gasteiger partial charge in [0.25, 0.3) is 0 Å². The maximum atomic E-state index is 5.95.